The molecule has 0 spiro atoms. The first kappa shape index (κ1) is 14.1. The van der Waals surface area contributed by atoms with Crippen LogP contribution in [0.3, 0.4) is 0 Å². The third kappa shape index (κ3) is 1.86. The molecule has 23 heavy (non-hydrogen) atoms. The molecule has 0 amide bonds. The Morgan fingerprint density at radius 1 is 0.870 bits per heavy atom. The standard InChI is InChI=1S/C19H13BS3/c1-3-11-17-12(4-2)22-14-8-6-10-16-19(14)20(17)18-13(21-11)7-5-9-15(18)23-16/h3-10H,1H2,2H3/b12-4+. The van der Waals surface area contributed by atoms with Gasteiger partial charge >= 0.3 is 0 Å². The molecule has 0 fully saturated rings. The van der Waals surface area contributed by atoms with Crippen LogP contribution in [0.1, 0.15) is 6.92 Å². The zero-order valence-electron chi connectivity index (χ0n) is 12.6. The van der Waals surface area contributed by atoms with E-state index in [4.69, 9.17) is 0 Å². The summed E-state index contributed by atoms with van der Waals surface area (Å²) in [6, 6.07) is 13.4. The highest BCUT2D eigenvalue weighted by Crippen LogP contribution is 2.49. The predicted molar refractivity (Wildman–Crippen MR) is 105 cm³/mol. The fraction of sp³-hybridized carbons (Fsp3) is 0.0526. The quantitative estimate of drug-likeness (QED) is 0.676. The van der Waals surface area contributed by atoms with Crippen molar-refractivity contribution in [1.82, 2.24) is 0 Å². The van der Waals surface area contributed by atoms with E-state index >= 15 is 0 Å². The molecular weight excluding hydrogens is 335 g/mol. The number of hydrogen-bond acceptors (Lipinski definition) is 3. The van der Waals surface area contributed by atoms with Crippen molar-refractivity contribution >= 4 is 52.9 Å². The largest absolute Gasteiger partial charge is 0.250 e. The number of rotatable bonds is 1. The minimum atomic E-state index is 0.371. The topological polar surface area (TPSA) is 0 Å². The number of allylic oxidation sites excluding steroid dienone is 3. The molecule has 0 N–H and O–H groups in total. The van der Waals surface area contributed by atoms with Gasteiger partial charge in [-0.15, -0.1) is 0 Å². The zero-order chi connectivity index (χ0) is 15.6. The van der Waals surface area contributed by atoms with Crippen molar-refractivity contribution in [3.8, 4) is 0 Å². The number of benzene rings is 2. The van der Waals surface area contributed by atoms with Crippen LogP contribution in [0.2, 0.25) is 0 Å². The van der Waals surface area contributed by atoms with Gasteiger partial charge in [0.25, 0.3) is 0 Å². The molecule has 0 aliphatic carbocycles. The Morgan fingerprint density at radius 3 is 2.00 bits per heavy atom. The average Bonchev–Trinajstić information content (AvgIpc) is 2.60. The molecule has 0 aromatic heterocycles. The molecule has 2 aromatic rings. The number of hydrogen-bond donors (Lipinski definition) is 0. The van der Waals surface area contributed by atoms with Gasteiger partial charge in [0.15, 0.2) is 0 Å². The summed E-state index contributed by atoms with van der Waals surface area (Å²) in [5.41, 5.74) is 4.46. The van der Waals surface area contributed by atoms with Crippen LogP contribution >= 0.6 is 35.3 Å². The van der Waals surface area contributed by atoms with Crippen LogP contribution in [0.15, 0.2) is 90.0 Å². The highest BCUT2D eigenvalue weighted by Gasteiger charge is 2.43. The first-order valence-corrected chi connectivity index (χ1v) is 10.1. The van der Waals surface area contributed by atoms with E-state index in [1.54, 1.807) is 0 Å². The lowest BCUT2D eigenvalue weighted by Crippen LogP contribution is -2.53. The van der Waals surface area contributed by atoms with Crippen LogP contribution in [0.4, 0.5) is 0 Å². The van der Waals surface area contributed by atoms with Crippen molar-refractivity contribution in [2.24, 2.45) is 0 Å². The first-order valence-electron chi connectivity index (χ1n) is 7.64. The Hall–Kier alpha value is -1.23. The van der Waals surface area contributed by atoms with E-state index in [0.29, 0.717) is 6.71 Å². The first-order chi connectivity index (χ1) is 11.3. The predicted octanol–water partition coefficient (Wildman–Crippen LogP) is 4.85. The van der Waals surface area contributed by atoms with Gasteiger partial charge in [0.2, 0.25) is 6.71 Å². The summed E-state index contributed by atoms with van der Waals surface area (Å²) in [5.74, 6) is 0. The van der Waals surface area contributed by atoms with Crippen LogP contribution in [0, 0.1) is 0 Å². The highest BCUT2D eigenvalue weighted by atomic mass is 32.2. The summed E-state index contributed by atoms with van der Waals surface area (Å²) in [6.45, 7) is 6.61. The molecule has 3 aliphatic heterocycles. The van der Waals surface area contributed by atoms with Crippen molar-refractivity contribution in [1.29, 1.82) is 0 Å². The molecule has 3 heterocycles. The number of thioether (sulfide) groups is 2. The van der Waals surface area contributed by atoms with Crippen molar-refractivity contribution in [2.75, 3.05) is 0 Å². The minimum absolute atomic E-state index is 0.371. The van der Waals surface area contributed by atoms with Crippen molar-refractivity contribution in [2.45, 2.75) is 26.5 Å². The molecule has 0 radical (unpaired) electrons. The fourth-order valence-electron chi connectivity index (χ4n) is 3.64. The van der Waals surface area contributed by atoms with Gasteiger partial charge in [0.05, 0.1) is 0 Å². The molecule has 4 heteroatoms. The molecule has 0 saturated heterocycles. The van der Waals surface area contributed by atoms with Crippen LogP contribution in [0.5, 0.6) is 0 Å². The third-order valence-corrected chi connectivity index (χ3v) is 8.14. The van der Waals surface area contributed by atoms with E-state index in [1.807, 2.05) is 41.4 Å². The monoisotopic (exact) mass is 348 g/mol. The molecule has 5 rings (SSSR count). The summed E-state index contributed by atoms with van der Waals surface area (Å²) < 4.78 is 0. The Labute approximate surface area is 149 Å². The van der Waals surface area contributed by atoms with Gasteiger partial charge in [0.1, 0.15) is 0 Å². The van der Waals surface area contributed by atoms with E-state index < -0.39 is 0 Å². The summed E-state index contributed by atoms with van der Waals surface area (Å²) in [5, 5.41) is 0. The molecule has 0 bridgehead atoms. The third-order valence-electron chi connectivity index (χ3n) is 4.56. The maximum absolute atomic E-state index is 4.09. The van der Waals surface area contributed by atoms with Crippen LogP contribution < -0.4 is 10.9 Å². The van der Waals surface area contributed by atoms with Gasteiger partial charge in [-0.2, -0.15) is 0 Å². The van der Waals surface area contributed by atoms with Crippen LogP contribution in [-0.4, -0.2) is 6.71 Å². The lowest BCUT2D eigenvalue weighted by Gasteiger charge is -2.38. The Bertz CT molecular complexity index is 940. The maximum Gasteiger partial charge on any atom is 0.250 e. The van der Waals surface area contributed by atoms with Gasteiger partial charge in [-0.1, -0.05) is 66.1 Å². The lowest BCUT2D eigenvalue weighted by molar-refractivity contribution is 1.31. The van der Waals surface area contributed by atoms with Crippen LogP contribution in [0.25, 0.3) is 0 Å². The van der Waals surface area contributed by atoms with Gasteiger partial charge < -0.3 is 0 Å². The van der Waals surface area contributed by atoms with Gasteiger partial charge in [0, 0.05) is 29.4 Å². The Morgan fingerprint density at radius 2 is 1.43 bits per heavy atom. The summed E-state index contributed by atoms with van der Waals surface area (Å²) >= 11 is 5.71. The molecule has 0 atom stereocenters. The van der Waals surface area contributed by atoms with Crippen molar-refractivity contribution in [3.05, 3.63) is 70.4 Å². The SMILES string of the molecule is C=CC1=C2B3c4c(cccc4Sc4cccc(c43)S/C2=C/C)S1. The van der Waals surface area contributed by atoms with E-state index in [0.717, 1.165) is 0 Å². The summed E-state index contributed by atoms with van der Waals surface area (Å²) in [6.07, 6.45) is 4.30. The summed E-state index contributed by atoms with van der Waals surface area (Å²) in [4.78, 5) is 8.32. The Balaban J connectivity index is 1.93. The lowest BCUT2D eigenvalue weighted by atomic mass is 9.35. The normalized spacial score (nSPS) is 19.0. The summed E-state index contributed by atoms with van der Waals surface area (Å²) in [7, 11) is 0. The van der Waals surface area contributed by atoms with E-state index in [-0.39, 0.29) is 0 Å². The molecule has 0 saturated carbocycles. The van der Waals surface area contributed by atoms with E-state index in [2.05, 4.69) is 56.0 Å². The van der Waals surface area contributed by atoms with Gasteiger partial charge in [-0.25, -0.2) is 0 Å². The molecule has 0 nitrogen and oxygen atoms in total. The van der Waals surface area contributed by atoms with E-state index in [9.17, 15) is 0 Å². The fourth-order valence-corrected chi connectivity index (χ4v) is 7.36. The highest BCUT2D eigenvalue weighted by molar-refractivity contribution is 8.06. The van der Waals surface area contributed by atoms with Gasteiger partial charge in [-0.3, -0.25) is 0 Å². The molecular formula is C19H13BS3. The van der Waals surface area contributed by atoms with Gasteiger partial charge in [-0.05, 0) is 47.6 Å². The second-order valence-corrected chi connectivity index (χ2v) is 8.96. The minimum Gasteiger partial charge on any atom is -0.0980 e. The second-order valence-electron chi connectivity index (χ2n) is 5.71. The second kappa shape index (κ2) is 5.14. The molecule has 2 aromatic carbocycles. The van der Waals surface area contributed by atoms with Crippen molar-refractivity contribution < 1.29 is 0 Å². The molecule has 0 unspecified atom stereocenters. The smallest absolute Gasteiger partial charge is 0.0980 e. The molecule has 3 aliphatic rings. The average molecular weight is 348 g/mol. The Kier molecular flexibility index (Phi) is 3.16. The maximum atomic E-state index is 4.09. The van der Waals surface area contributed by atoms with E-state index in [1.165, 1.54) is 45.8 Å². The zero-order valence-corrected chi connectivity index (χ0v) is 15.1. The van der Waals surface area contributed by atoms with Crippen molar-refractivity contribution in [3.63, 3.8) is 0 Å². The van der Waals surface area contributed by atoms with Crippen LogP contribution in [-0.2, 0) is 0 Å². The molecule has 110 valence electrons.